The number of fused-ring (bicyclic) bond motifs is 1. The SMILES string of the molecule is Cc1ccc(C2=C(c3ccc(CC4CN(CCCF)C4)cc3)c3ccccc3CCC2)cc1F. The Morgan fingerprint density at radius 2 is 1.68 bits per heavy atom. The molecule has 0 radical (unpaired) electrons. The lowest BCUT2D eigenvalue weighted by Crippen LogP contribution is -2.47. The molecule has 1 nitrogen and oxygen atoms in total. The summed E-state index contributed by atoms with van der Waals surface area (Å²) in [6, 6.07) is 23.4. The summed E-state index contributed by atoms with van der Waals surface area (Å²) >= 11 is 0. The molecule has 0 atom stereocenters. The van der Waals surface area contributed by atoms with Gasteiger partial charge in [-0.05, 0) is 95.5 Å². The number of hydrogen-bond acceptors (Lipinski definition) is 1. The number of rotatable bonds is 7. The topological polar surface area (TPSA) is 3.24 Å². The van der Waals surface area contributed by atoms with Gasteiger partial charge in [-0.15, -0.1) is 0 Å². The third kappa shape index (κ3) is 4.86. The summed E-state index contributed by atoms with van der Waals surface area (Å²) in [7, 11) is 0. The van der Waals surface area contributed by atoms with E-state index in [1.54, 1.807) is 6.07 Å². The molecule has 1 heterocycles. The van der Waals surface area contributed by atoms with Gasteiger partial charge in [-0.1, -0.05) is 60.7 Å². The molecular weight excluding hydrogens is 424 g/mol. The van der Waals surface area contributed by atoms with Crippen LogP contribution in [0.25, 0.3) is 11.1 Å². The minimum atomic E-state index is -0.223. The molecule has 0 amide bonds. The predicted octanol–water partition coefficient (Wildman–Crippen LogP) is 7.26. The van der Waals surface area contributed by atoms with E-state index in [4.69, 9.17) is 0 Å². The van der Waals surface area contributed by atoms with Gasteiger partial charge in [-0.3, -0.25) is 4.39 Å². The summed E-state index contributed by atoms with van der Waals surface area (Å²) in [5.41, 5.74) is 9.34. The minimum Gasteiger partial charge on any atom is -0.303 e. The van der Waals surface area contributed by atoms with Gasteiger partial charge in [0, 0.05) is 19.6 Å². The number of allylic oxidation sites excluding steroid dienone is 1. The molecule has 0 N–H and O–H groups in total. The van der Waals surface area contributed by atoms with Crippen molar-refractivity contribution >= 4 is 11.1 Å². The summed E-state index contributed by atoms with van der Waals surface area (Å²) in [6.45, 7) is 4.62. The van der Waals surface area contributed by atoms with E-state index in [-0.39, 0.29) is 12.5 Å². The van der Waals surface area contributed by atoms with Crippen molar-refractivity contribution in [1.82, 2.24) is 4.90 Å². The van der Waals surface area contributed by atoms with Crippen molar-refractivity contribution < 1.29 is 8.78 Å². The van der Waals surface area contributed by atoms with Gasteiger partial charge in [0.25, 0.3) is 0 Å². The van der Waals surface area contributed by atoms with Gasteiger partial charge in [0.15, 0.2) is 0 Å². The van der Waals surface area contributed by atoms with Gasteiger partial charge in [-0.25, -0.2) is 4.39 Å². The van der Waals surface area contributed by atoms with Crippen molar-refractivity contribution in [3.63, 3.8) is 0 Å². The lowest BCUT2D eigenvalue weighted by Gasteiger charge is -2.39. The molecule has 1 saturated heterocycles. The van der Waals surface area contributed by atoms with Crippen LogP contribution < -0.4 is 0 Å². The highest BCUT2D eigenvalue weighted by Crippen LogP contribution is 2.40. The Hall–Kier alpha value is -2.78. The Bertz CT molecular complexity index is 1170. The molecule has 176 valence electrons. The fourth-order valence-electron chi connectivity index (χ4n) is 5.54. The Kier molecular flexibility index (Phi) is 6.92. The molecule has 5 rings (SSSR count). The second kappa shape index (κ2) is 10.2. The summed E-state index contributed by atoms with van der Waals surface area (Å²) in [6.07, 6.45) is 4.74. The van der Waals surface area contributed by atoms with Crippen LogP contribution >= 0.6 is 0 Å². The van der Waals surface area contributed by atoms with Gasteiger partial charge in [-0.2, -0.15) is 0 Å². The zero-order valence-electron chi connectivity index (χ0n) is 20.0. The fraction of sp³-hybridized carbons (Fsp3) is 0.355. The Morgan fingerprint density at radius 3 is 2.44 bits per heavy atom. The predicted molar refractivity (Wildman–Crippen MR) is 137 cm³/mol. The second-order valence-corrected chi connectivity index (χ2v) is 9.90. The summed E-state index contributed by atoms with van der Waals surface area (Å²) in [5.74, 6) is 0.521. The fourth-order valence-corrected chi connectivity index (χ4v) is 5.54. The van der Waals surface area contributed by atoms with Crippen LogP contribution in [0.15, 0.2) is 66.7 Å². The molecule has 0 aromatic heterocycles. The molecule has 0 bridgehead atoms. The van der Waals surface area contributed by atoms with Gasteiger partial charge in [0.1, 0.15) is 5.82 Å². The van der Waals surface area contributed by atoms with E-state index in [1.165, 1.54) is 33.4 Å². The smallest absolute Gasteiger partial charge is 0.126 e. The van der Waals surface area contributed by atoms with Crippen molar-refractivity contribution in [2.75, 3.05) is 26.3 Å². The third-order valence-corrected chi connectivity index (χ3v) is 7.39. The van der Waals surface area contributed by atoms with Crippen LogP contribution in [0.5, 0.6) is 0 Å². The molecule has 3 heteroatoms. The maximum atomic E-state index is 14.5. The molecule has 34 heavy (non-hydrogen) atoms. The molecule has 1 aliphatic heterocycles. The summed E-state index contributed by atoms with van der Waals surface area (Å²) in [5, 5.41) is 0. The maximum absolute atomic E-state index is 14.5. The average Bonchev–Trinajstić information content (AvgIpc) is 3.02. The first-order valence-electron chi connectivity index (χ1n) is 12.6. The van der Waals surface area contributed by atoms with Crippen molar-refractivity contribution in [3.8, 4) is 0 Å². The zero-order valence-corrected chi connectivity index (χ0v) is 20.0. The van der Waals surface area contributed by atoms with E-state index in [0.717, 1.165) is 50.9 Å². The molecule has 0 spiro atoms. The highest BCUT2D eigenvalue weighted by molar-refractivity contribution is 5.99. The number of benzene rings is 3. The minimum absolute atomic E-state index is 0.140. The lowest BCUT2D eigenvalue weighted by molar-refractivity contribution is 0.0968. The van der Waals surface area contributed by atoms with E-state index in [2.05, 4.69) is 59.5 Å². The molecule has 3 aromatic rings. The maximum Gasteiger partial charge on any atom is 0.126 e. The molecule has 0 unspecified atom stereocenters. The van der Waals surface area contributed by atoms with Gasteiger partial charge < -0.3 is 4.90 Å². The summed E-state index contributed by atoms with van der Waals surface area (Å²) in [4.78, 5) is 2.35. The van der Waals surface area contributed by atoms with Gasteiger partial charge in [0.2, 0.25) is 0 Å². The Labute approximate surface area is 202 Å². The first-order valence-corrected chi connectivity index (χ1v) is 12.6. The van der Waals surface area contributed by atoms with E-state index < -0.39 is 0 Å². The number of alkyl halides is 1. The number of halogens is 2. The Balaban J connectivity index is 1.46. The van der Waals surface area contributed by atoms with Crippen LogP contribution in [0.2, 0.25) is 0 Å². The third-order valence-electron chi connectivity index (χ3n) is 7.39. The number of nitrogens with zero attached hydrogens (tertiary/aromatic N) is 1. The molecule has 0 saturated carbocycles. The number of likely N-dealkylation sites (tertiary alicyclic amines) is 1. The van der Waals surface area contributed by atoms with E-state index >= 15 is 0 Å². The van der Waals surface area contributed by atoms with Crippen molar-refractivity contribution in [1.29, 1.82) is 0 Å². The van der Waals surface area contributed by atoms with E-state index in [1.807, 2.05) is 13.0 Å². The van der Waals surface area contributed by atoms with Crippen LogP contribution in [0.1, 0.15) is 52.6 Å². The van der Waals surface area contributed by atoms with Crippen LogP contribution in [0.3, 0.4) is 0 Å². The van der Waals surface area contributed by atoms with Crippen molar-refractivity contribution in [2.45, 2.75) is 39.0 Å². The van der Waals surface area contributed by atoms with Crippen molar-refractivity contribution in [2.24, 2.45) is 5.92 Å². The molecule has 1 fully saturated rings. The largest absolute Gasteiger partial charge is 0.303 e. The van der Waals surface area contributed by atoms with Crippen LogP contribution in [-0.4, -0.2) is 31.2 Å². The number of hydrogen-bond donors (Lipinski definition) is 0. The lowest BCUT2D eigenvalue weighted by atomic mass is 9.86. The van der Waals surface area contributed by atoms with Crippen LogP contribution in [0, 0.1) is 18.7 Å². The second-order valence-electron chi connectivity index (χ2n) is 9.90. The first-order chi connectivity index (χ1) is 16.6. The molecular formula is C31H33F2N. The highest BCUT2D eigenvalue weighted by Gasteiger charge is 2.26. The van der Waals surface area contributed by atoms with Crippen LogP contribution in [0.4, 0.5) is 8.78 Å². The standard InChI is InChI=1S/C31H33F2N/c1-22-10-13-27(19-30(22)33)29-9-4-7-25-6-2-3-8-28(25)31(29)26-14-11-23(12-15-26)18-24-20-34(21-24)17-5-16-32/h2-3,6,8,10-15,19,24H,4-5,7,9,16-18,20-21H2,1H3. The molecule has 3 aromatic carbocycles. The quantitative estimate of drug-likeness (QED) is 0.361. The normalized spacial score (nSPS) is 16.8. The van der Waals surface area contributed by atoms with Gasteiger partial charge in [0.05, 0.1) is 6.67 Å². The average molecular weight is 458 g/mol. The molecule has 1 aliphatic carbocycles. The van der Waals surface area contributed by atoms with Gasteiger partial charge >= 0.3 is 0 Å². The molecule has 2 aliphatic rings. The Morgan fingerprint density at radius 1 is 0.912 bits per heavy atom. The first kappa shape index (κ1) is 23.0. The number of aryl methyl sites for hydroxylation is 2. The highest BCUT2D eigenvalue weighted by atomic mass is 19.1. The van der Waals surface area contributed by atoms with Crippen LogP contribution in [-0.2, 0) is 12.8 Å². The van der Waals surface area contributed by atoms with E-state index in [0.29, 0.717) is 17.9 Å². The zero-order chi connectivity index (χ0) is 23.5. The van der Waals surface area contributed by atoms with E-state index in [9.17, 15) is 8.78 Å². The monoisotopic (exact) mass is 457 g/mol. The van der Waals surface area contributed by atoms with Crippen molar-refractivity contribution in [3.05, 3.63) is 106 Å². The summed E-state index contributed by atoms with van der Waals surface area (Å²) < 4.78 is 26.9.